The normalized spacial score (nSPS) is 14.7. The average Bonchev–Trinajstić information content (AvgIpc) is 2.13. The predicted octanol–water partition coefficient (Wildman–Crippen LogP) is 0.0781. The first-order valence-corrected chi connectivity index (χ1v) is 4.60. The molecule has 0 aliphatic carbocycles. The molecule has 0 aromatic heterocycles. The van der Waals surface area contributed by atoms with Gasteiger partial charge in [-0.25, -0.2) is 0 Å². The second kappa shape index (κ2) is 6.60. The van der Waals surface area contributed by atoms with Gasteiger partial charge in [0.1, 0.15) is 6.29 Å². The Morgan fingerprint density at radius 3 is 2.54 bits per heavy atom. The summed E-state index contributed by atoms with van der Waals surface area (Å²) in [5.41, 5.74) is 0. The first-order valence-electron chi connectivity index (χ1n) is 4.60. The number of carbonyl (C=O) groups is 2. The molecule has 0 spiro atoms. The van der Waals surface area contributed by atoms with E-state index < -0.39 is 6.04 Å². The van der Waals surface area contributed by atoms with Crippen molar-refractivity contribution in [1.29, 1.82) is 0 Å². The van der Waals surface area contributed by atoms with Crippen LogP contribution in [-0.4, -0.2) is 30.8 Å². The highest BCUT2D eigenvalue weighted by Gasteiger charge is 2.12. The van der Waals surface area contributed by atoms with Crippen LogP contribution in [0, 0.1) is 0 Å². The molecule has 13 heavy (non-hydrogen) atoms. The van der Waals surface area contributed by atoms with E-state index in [0.717, 1.165) is 13.0 Å². The van der Waals surface area contributed by atoms with Crippen molar-refractivity contribution in [3.8, 4) is 0 Å². The fraction of sp³-hybridized carbons (Fsp3) is 0.778. The number of hydrogen-bond acceptors (Lipinski definition) is 3. The van der Waals surface area contributed by atoms with E-state index in [0.29, 0.717) is 6.29 Å². The number of amides is 1. The highest BCUT2D eigenvalue weighted by atomic mass is 16.2. The molecule has 0 bridgehead atoms. The number of nitrogens with one attached hydrogen (secondary N) is 2. The molecule has 76 valence electrons. The third-order valence-electron chi connectivity index (χ3n) is 1.67. The van der Waals surface area contributed by atoms with Gasteiger partial charge in [0.15, 0.2) is 0 Å². The van der Waals surface area contributed by atoms with Crippen molar-refractivity contribution in [2.24, 2.45) is 0 Å². The van der Waals surface area contributed by atoms with E-state index >= 15 is 0 Å². The minimum Gasteiger partial charge on any atom is -0.346 e. The molecule has 0 aromatic carbocycles. The van der Waals surface area contributed by atoms with Crippen molar-refractivity contribution < 1.29 is 9.59 Å². The second-order valence-corrected chi connectivity index (χ2v) is 3.11. The molecule has 2 atom stereocenters. The quantitative estimate of drug-likeness (QED) is 0.577. The van der Waals surface area contributed by atoms with E-state index in [1.807, 2.05) is 6.92 Å². The van der Waals surface area contributed by atoms with Crippen LogP contribution in [0.1, 0.15) is 27.2 Å². The van der Waals surface area contributed by atoms with Crippen molar-refractivity contribution in [2.45, 2.75) is 39.3 Å². The van der Waals surface area contributed by atoms with Crippen LogP contribution in [0.25, 0.3) is 0 Å². The van der Waals surface area contributed by atoms with Gasteiger partial charge in [0.25, 0.3) is 0 Å². The van der Waals surface area contributed by atoms with Crippen molar-refractivity contribution in [1.82, 2.24) is 10.6 Å². The van der Waals surface area contributed by atoms with Gasteiger partial charge in [-0.1, -0.05) is 6.92 Å². The van der Waals surface area contributed by atoms with Crippen molar-refractivity contribution in [3.63, 3.8) is 0 Å². The Labute approximate surface area is 79.1 Å². The highest BCUT2D eigenvalue weighted by molar-refractivity contribution is 5.83. The minimum atomic E-state index is -0.404. The fourth-order valence-electron chi connectivity index (χ4n) is 0.837. The van der Waals surface area contributed by atoms with Gasteiger partial charge in [0.05, 0.1) is 12.1 Å². The average molecular weight is 186 g/mol. The summed E-state index contributed by atoms with van der Waals surface area (Å²) in [5, 5.41) is 5.60. The van der Waals surface area contributed by atoms with Gasteiger partial charge in [-0.15, -0.1) is 0 Å². The predicted molar refractivity (Wildman–Crippen MR) is 51.4 cm³/mol. The summed E-state index contributed by atoms with van der Waals surface area (Å²) < 4.78 is 0. The second-order valence-electron chi connectivity index (χ2n) is 3.11. The molecule has 4 nitrogen and oxygen atoms in total. The summed E-state index contributed by atoms with van der Waals surface area (Å²) in [5.74, 6) is -0.131. The summed E-state index contributed by atoms with van der Waals surface area (Å²) in [6, 6.07) is -0.638. The molecule has 2 N–H and O–H groups in total. The number of hydrogen-bond donors (Lipinski definition) is 2. The summed E-state index contributed by atoms with van der Waals surface area (Å²) in [7, 11) is 0. The Kier molecular flexibility index (Phi) is 6.14. The smallest absolute Gasteiger partial charge is 0.237 e. The van der Waals surface area contributed by atoms with Crippen LogP contribution in [-0.2, 0) is 9.59 Å². The van der Waals surface area contributed by atoms with Crippen molar-refractivity contribution in [3.05, 3.63) is 0 Å². The monoisotopic (exact) mass is 186 g/mol. The largest absolute Gasteiger partial charge is 0.346 e. The van der Waals surface area contributed by atoms with E-state index in [2.05, 4.69) is 10.6 Å². The van der Waals surface area contributed by atoms with Crippen LogP contribution in [0.5, 0.6) is 0 Å². The summed E-state index contributed by atoms with van der Waals surface area (Å²) in [6.07, 6.45) is 1.70. The third-order valence-corrected chi connectivity index (χ3v) is 1.67. The van der Waals surface area contributed by atoms with Crippen molar-refractivity contribution >= 4 is 12.2 Å². The number of rotatable bonds is 6. The molecule has 0 aromatic rings. The standard InChI is InChI=1S/C9H18N2O2/c1-4-5-10-8(3)9(13)11-7(2)6-12/h6-8,10H,4-5H2,1-3H3,(H,11,13). The zero-order valence-corrected chi connectivity index (χ0v) is 8.46. The highest BCUT2D eigenvalue weighted by Crippen LogP contribution is 1.84. The number of aldehydes is 1. The lowest BCUT2D eigenvalue weighted by Crippen LogP contribution is -2.46. The zero-order chi connectivity index (χ0) is 10.3. The van der Waals surface area contributed by atoms with Gasteiger partial charge in [-0.3, -0.25) is 4.79 Å². The molecule has 0 fully saturated rings. The van der Waals surface area contributed by atoms with E-state index in [-0.39, 0.29) is 11.9 Å². The third kappa shape index (κ3) is 5.36. The van der Waals surface area contributed by atoms with E-state index in [4.69, 9.17) is 0 Å². The van der Waals surface area contributed by atoms with Crippen LogP contribution < -0.4 is 10.6 Å². The Morgan fingerprint density at radius 2 is 2.08 bits per heavy atom. The Hall–Kier alpha value is -0.900. The Balaban J connectivity index is 3.75. The van der Waals surface area contributed by atoms with E-state index in [1.54, 1.807) is 13.8 Å². The molecule has 1 amide bonds. The van der Waals surface area contributed by atoms with Gasteiger partial charge < -0.3 is 15.4 Å². The van der Waals surface area contributed by atoms with Crippen molar-refractivity contribution in [2.75, 3.05) is 6.54 Å². The molecular formula is C9H18N2O2. The molecule has 0 radical (unpaired) electrons. The van der Waals surface area contributed by atoms with Gasteiger partial charge in [-0.05, 0) is 26.8 Å². The van der Waals surface area contributed by atoms with E-state index in [9.17, 15) is 9.59 Å². The van der Waals surface area contributed by atoms with Crippen LogP contribution in [0.3, 0.4) is 0 Å². The topological polar surface area (TPSA) is 58.2 Å². The van der Waals surface area contributed by atoms with Crippen LogP contribution in [0.15, 0.2) is 0 Å². The molecule has 2 unspecified atom stereocenters. The van der Waals surface area contributed by atoms with Crippen LogP contribution in [0.2, 0.25) is 0 Å². The molecule has 0 heterocycles. The van der Waals surface area contributed by atoms with E-state index in [1.165, 1.54) is 0 Å². The Morgan fingerprint density at radius 1 is 1.46 bits per heavy atom. The molecule has 0 saturated carbocycles. The van der Waals surface area contributed by atoms with Crippen LogP contribution >= 0.6 is 0 Å². The first-order chi connectivity index (χ1) is 6.11. The minimum absolute atomic E-state index is 0.131. The molecule has 0 saturated heterocycles. The first kappa shape index (κ1) is 12.1. The van der Waals surface area contributed by atoms with Gasteiger partial charge >= 0.3 is 0 Å². The lowest BCUT2D eigenvalue weighted by Gasteiger charge is -2.14. The molecule has 4 heteroatoms. The molecule has 0 aliphatic rings. The zero-order valence-electron chi connectivity index (χ0n) is 8.46. The lowest BCUT2D eigenvalue weighted by molar-refractivity contribution is -0.125. The molecule has 0 rings (SSSR count). The molecule has 0 aliphatic heterocycles. The van der Waals surface area contributed by atoms with Gasteiger partial charge in [0, 0.05) is 0 Å². The van der Waals surface area contributed by atoms with Gasteiger partial charge in [-0.2, -0.15) is 0 Å². The van der Waals surface area contributed by atoms with Crippen LogP contribution in [0.4, 0.5) is 0 Å². The SMILES string of the molecule is CCCNC(C)C(=O)NC(C)C=O. The number of carbonyl (C=O) groups excluding carboxylic acids is 2. The maximum atomic E-state index is 11.3. The summed E-state index contributed by atoms with van der Waals surface area (Å²) >= 11 is 0. The summed E-state index contributed by atoms with van der Waals surface area (Å²) in [4.78, 5) is 21.5. The fourth-order valence-corrected chi connectivity index (χ4v) is 0.837. The summed E-state index contributed by atoms with van der Waals surface area (Å²) in [6.45, 7) is 6.27. The van der Waals surface area contributed by atoms with Gasteiger partial charge in [0.2, 0.25) is 5.91 Å². The maximum absolute atomic E-state index is 11.3. The molecular weight excluding hydrogens is 168 g/mol. The lowest BCUT2D eigenvalue weighted by atomic mass is 10.2. The maximum Gasteiger partial charge on any atom is 0.237 e. The Bertz CT molecular complexity index is 171.